The zero-order valence-electron chi connectivity index (χ0n) is 10.9. The molecule has 0 aromatic carbocycles. The molecule has 0 radical (unpaired) electrons. The number of hydrogen-bond donors (Lipinski definition) is 2. The van der Waals surface area contributed by atoms with Gasteiger partial charge in [-0.05, 0) is 38.5 Å². The van der Waals surface area contributed by atoms with Crippen LogP contribution < -0.4 is 5.32 Å². The van der Waals surface area contributed by atoms with Gasteiger partial charge in [-0.2, -0.15) is 5.10 Å². The van der Waals surface area contributed by atoms with Crippen LogP contribution in [0.25, 0.3) is 0 Å². The number of nitrogens with one attached hydrogen (secondary N) is 1. The second-order valence-electron chi connectivity index (χ2n) is 5.73. The van der Waals surface area contributed by atoms with Crippen molar-refractivity contribution in [2.24, 2.45) is 5.92 Å². The largest absolute Gasteiger partial charge is 0.480 e. The van der Waals surface area contributed by atoms with Crippen LogP contribution in [-0.2, 0) is 11.3 Å². The summed E-state index contributed by atoms with van der Waals surface area (Å²) >= 11 is 6.00. The summed E-state index contributed by atoms with van der Waals surface area (Å²) < 4.78 is 1.67. The summed E-state index contributed by atoms with van der Waals surface area (Å²) in [5.74, 6) is -0.569. The van der Waals surface area contributed by atoms with Crippen LogP contribution >= 0.6 is 11.6 Å². The molecule has 1 aromatic heterocycles. The van der Waals surface area contributed by atoms with Crippen LogP contribution in [0.5, 0.6) is 0 Å². The summed E-state index contributed by atoms with van der Waals surface area (Å²) in [6, 6.07) is 0.351. The van der Waals surface area contributed by atoms with Gasteiger partial charge in [0.2, 0.25) is 0 Å². The van der Waals surface area contributed by atoms with Crippen molar-refractivity contribution in [1.82, 2.24) is 15.1 Å². The number of aromatic nitrogens is 2. The molecule has 0 amide bonds. The van der Waals surface area contributed by atoms with E-state index in [9.17, 15) is 9.90 Å². The van der Waals surface area contributed by atoms with Crippen molar-refractivity contribution in [2.45, 2.75) is 50.7 Å². The molecule has 1 aromatic rings. The molecule has 2 fully saturated rings. The van der Waals surface area contributed by atoms with Crippen LogP contribution in [0.1, 0.15) is 31.4 Å². The third-order valence-electron chi connectivity index (χ3n) is 3.99. The molecule has 0 saturated heterocycles. The van der Waals surface area contributed by atoms with Crippen LogP contribution in [0.3, 0.4) is 0 Å². The molecule has 0 spiro atoms. The number of halogens is 1. The third kappa shape index (κ3) is 2.49. The van der Waals surface area contributed by atoms with Gasteiger partial charge in [0.25, 0.3) is 0 Å². The number of nitrogens with zero attached hydrogens (tertiary/aromatic N) is 2. The van der Waals surface area contributed by atoms with Gasteiger partial charge in [0.1, 0.15) is 5.54 Å². The molecular weight excluding hydrogens is 266 g/mol. The molecule has 2 aliphatic carbocycles. The normalized spacial score (nSPS) is 22.2. The molecule has 3 rings (SSSR count). The second kappa shape index (κ2) is 4.49. The summed E-state index contributed by atoms with van der Waals surface area (Å²) in [5.41, 5.74) is -0.147. The highest BCUT2D eigenvalue weighted by atomic mass is 35.5. The van der Waals surface area contributed by atoms with E-state index in [1.165, 1.54) is 0 Å². The van der Waals surface area contributed by atoms with Gasteiger partial charge in [-0.1, -0.05) is 11.6 Å². The predicted octanol–water partition coefficient (Wildman–Crippen LogP) is 1.83. The van der Waals surface area contributed by atoms with Gasteiger partial charge in [-0.25, -0.2) is 0 Å². The van der Waals surface area contributed by atoms with Crippen LogP contribution in [0.2, 0.25) is 5.02 Å². The highest BCUT2D eigenvalue weighted by Gasteiger charge is 2.53. The lowest BCUT2D eigenvalue weighted by molar-refractivity contribution is -0.147. The monoisotopic (exact) mass is 283 g/mol. The second-order valence-corrected chi connectivity index (χ2v) is 6.14. The lowest BCUT2D eigenvalue weighted by atomic mass is 9.93. The smallest absolute Gasteiger partial charge is 0.326 e. The van der Waals surface area contributed by atoms with E-state index in [1.807, 2.05) is 6.92 Å². The average molecular weight is 284 g/mol. The molecule has 104 valence electrons. The van der Waals surface area contributed by atoms with Gasteiger partial charge in [-0.15, -0.1) is 0 Å². The van der Waals surface area contributed by atoms with E-state index in [-0.39, 0.29) is 5.92 Å². The van der Waals surface area contributed by atoms with Crippen molar-refractivity contribution in [3.63, 3.8) is 0 Å². The SMILES string of the molecule is Cc1nn(CC(NC2CC2)(C(=O)O)C2CC2)cc1Cl. The van der Waals surface area contributed by atoms with Crippen LogP contribution in [0, 0.1) is 12.8 Å². The van der Waals surface area contributed by atoms with Gasteiger partial charge in [0.05, 0.1) is 17.3 Å². The quantitative estimate of drug-likeness (QED) is 0.836. The van der Waals surface area contributed by atoms with E-state index < -0.39 is 11.5 Å². The van der Waals surface area contributed by atoms with Gasteiger partial charge < -0.3 is 5.11 Å². The van der Waals surface area contributed by atoms with Crippen molar-refractivity contribution in [3.8, 4) is 0 Å². The molecule has 0 bridgehead atoms. The number of aliphatic carboxylic acids is 1. The number of rotatable bonds is 6. The summed E-state index contributed by atoms with van der Waals surface area (Å²) in [6.07, 6.45) is 5.80. The molecule has 19 heavy (non-hydrogen) atoms. The first-order chi connectivity index (χ1) is 9.01. The maximum absolute atomic E-state index is 11.8. The number of carboxylic acid groups (broad SMARTS) is 1. The topological polar surface area (TPSA) is 67.2 Å². The van der Waals surface area contributed by atoms with E-state index in [1.54, 1.807) is 10.9 Å². The van der Waals surface area contributed by atoms with E-state index in [4.69, 9.17) is 11.6 Å². The Bertz CT molecular complexity index is 488. The fraction of sp³-hybridized carbons (Fsp3) is 0.692. The highest BCUT2D eigenvalue weighted by Crippen LogP contribution is 2.42. The minimum absolute atomic E-state index is 0.203. The molecular formula is C13H18ClN3O2. The van der Waals surface area contributed by atoms with Crippen molar-refractivity contribution in [2.75, 3.05) is 0 Å². The lowest BCUT2D eigenvalue weighted by Gasteiger charge is -2.31. The summed E-state index contributed by atoms with van der Waals surface area (Å²) in [4.78, 5) is 11.8. The van der Waals surface area contributed by atoms with Crippen molar-refractivity contribution < 1.29 is 9.90 Å². The Hall–Kier alpha value is -1.07. The first-order valence-electron chi connectivity index (χ1n) is 6.72. The zero-order chi connectivity index (χ0) is 13.6. The Kier molecular flexibility index (Phi) is 3.06. The number of hydrogen-bond acceptors (Lipinski definition) is 3. The van der Waals surface area contributed by atoms with Gasteiger partial charge >= 0.3 is 5.97 Å². The molecule has 2 saturated carbocycles. The van der Waals surface area contributed by atoms with Crippen LogP contribution in [-0.4, -0.2) is 32.4 Å². The maximum atomic E-state index is 11.8. The van der Waals surface area contributed by atoms with E-state index in [0.29, 0.717) is 17.6 Å². The molecule has 1 unspecified atom stereocenters. The summed E-state index contributed by atoms with van der Waals surface area (Å²) in [5, 5.41) is 17.9. The van der Waals surface area contributed by atoms with Crippen molar-refractivity contribution >= 4 is 17.6 Å². The molecule has 0 aliphatic heterocycles. The zero-order valence-corrected chi connectivity index (χ0v) is 11.7. The summed E-state index contributed by atoms with van der Waals surface area (Å²) in [7, 11) is 0. The Morgan fingerprint density at radius 1 is 1.58 bits per heavy atom. The van der Waals surface area contributed by atoms with Crippen LogP contribution in [0.4, 0.5) is 0 Å². The minimum atomic E-state index is -0.886. The van der Waals surface area contributed by atoms with Crippen molar-refractivity contribution in [1.29, 1.82) is 0 Å². The first-order valence-corrected chi connectivity index (χ1v) is 7.10. The lowest BCUT2D eigenvalue weighted by Crippen LogP contribution is -2.58. The Balaban J connectivity index is 1.86. The van der Waals surface area contributed by atoms with Gasteiger partial charge in [0.15, 0.2) is 0 Å². The van der Waals surface area contributed by atoms with E-state index in [0.717, 1.165) is 31.4 Å². The summed E-state index contributed by atoms with van der Waals surface area (Å²) in [6.45, 7) is 2.17. The van der Waals surface area contributed by atoms with Gasteiger partial charge in [0, 0.05) is 12.2 Å². The average Bonchev–Trinajstić information content (AvgIpc) is 3.21. The number of aryl methyl sites for hydroxylation is 1. The van der Waals surface area contributed by atoms with E-state index >= 15 is 0 Å². The Morgan fingerprint density at radius 3 is 2.68 bits per heavy atom. The third-order valence-corrected chi connectivity index (χ3v) is 4.36. The number of carbonyl (C=O) groups is 1. The van der Waals surface area contributed by atoms with Crippen LogP contribution in [0.15, 0.2) is 6.20 Å². The molecule has 6 heteroatoms. The first kappa shape index (κ1) is 12.9. The number of carboxylic acids is 1. The van der Waals surface area contributed by atoms with E-state index in [2.05, 4.69) is 10.4 Å². The Labute approximate surface area is 116 Å². The minimum Gasteiger partial charge on any atom is -0.480 e. The van der Waals surface area contributed by atoms with Crippen molar-refractivity contribution in [3.05, 3.63) is 16.9 Å². The molecule has 1 heterocycles. The standard InChI is InChI=1S/C13H18ClN3O2/c1-8-11(14)6-17(16-8)7-13(12(18)19,9-2-3-9)15-10-4-5-10/h6,9-10,15H,2-5,7H2,1H3,(H,18,19). The molecule has 2 aliphatic rings. The fourth-order valence-electron chi connectivity index (χ4n) is 2.59. The molecule has 5 nitrogen and oxygen atoms in total. The highest BCUT2D eigenvalue weighted by molar-refractivity contribution is 6.31. The molecule has 2 N–H and O–H groups in total. The Morgan fingerprint density at radius 2 is 2.26 bits per heavy atom. The van der Waals surface area contributed by atoms with Gasteiger partial charge in [-0.3, -0.25) is 14.8 Å². The maximum Gasteiger partial charge on any atom is 0.326 e. The predicted molar refractivity (Wildman–Crippen MR) is 71.2 cm³/mol. The molecule has 1 atom stereocenters. The fourth-order valence-corrected chi connectivity index (χ4v) is 2.75.